The van der Waals surface area contributed by atoms with E-state index in [2.05, 4.69) is 93.2 Å². The van der Waals surface area contributed by atoms with Crippen molar-refractivity contribution in [1.29, 1.82) is 0 Å². The number of thiophene rings is 1. The van der Waals surface area contributed by atoms with Gasteiger partial charge in [-0.05, 0) is 52.6 Å². The Kier molecular flexibility index (Phi) is 6.88. The van der Waals surface area contributed by atoms with Gasteiger partial charge in [-0.2, -0.15) is 0 Å². The largest absolute Gasteiger partial charge is 0.350 e. The van der Waals surface area contributed by atoms with Crippen molar-refractivity contribution in [2.45, 2.75) is 0 Å². The SMILES string of the molecule is [Ir].[c-]1cc2c(cc1-c1ccccn1)c1cc3sc4ccccc4c3c3c4ccccc4n2c13.[c-]1ccccc1-c1ccccn1. The number of benzene rings is 5. The van der Waals surface area contributed by atoms with Crippen molar-refractivity contribution in [3.8, 4) is 22.5 Å². The predicted octanol–water partition coefficient (Wildman–Crippen LogP) is 10.6. The molecule has 0 aliphatic heterocycles. The zero-order chi connectivity index (χ0) is 29.0. The summed E-state index contributed by atoms with van der Waals surface area (Å²) in [5, 5.41) is 7.96. The quantitative estimate of drug-likeness (QED) is 0.164. The summed E-state index contributed by atoms with van der Waals surface area (Å²) in [6.45, 7) is 0. The summed E-state index contributed by atoms with van der Waals surface area (Å²) < 4.78 is 5.12. The number of hydrogen-bond donors (Lipinski definition) is 0. The maximum absolute atomic E-state index is 4.55. The third-order valence-corrected chi connectivity index (χ3v) is 9.45. The Hall–Kier alpha value is -4.93. The molecule has 5 heterocycles. The number of pyridine rings is 2. The zero-order valence-corrected chi connectivity index (χ0v) is 27.1. The maximum atomic E-state index is 4.55. The molecular weight excluding hydrogens is 747 g/mol. The van der Waals surface area contributed by atoms with Crippen molar-refractivity contribution in [2.75, 3.05) is 0 Å². The zero-order valence-electron chi connectivity index (χ0n) is 23.9. The van der Waals surface area contributed by atoms with Crippen LogP contribution in [-0.4, -0.2) is 14.4 Å². The van der Waals surface area contributed by atoms with E-state index in [-0.39, 0.29) is 20.1 Å². The van der Waals surface area contributed by atoms with Crippen LogP contribution in [0.2, 0.25) is 0 Å². The molecule has 0 unspecified atom stereocenters. The molecule has 0 aliphatic carbocycles. The van der Waals surface area contributed by atoms with E-state index in [0.717, 1.165) is 22.5 Å². The van der Waals surface area contributed by atoms with Gasteiger partial charge in [0.05, 0.1) is 5.52 Å². The molecule has 0 spiro atoms. The van der Waals surface area contributed by atoms with E-state index in [0.29, 0.717) is 0 Å². The van der Waals surface area contributed by atoms with Crippen LogP contribution < -0.4 is 0 Å². The topological polar surface area (TPSA) is 30.2 Å². The van der Waals surface area contributed by atoms with E-state index >= 15 is 0 Å². The summed E-state index contributed by atoms with van der Waals surface area (Å²) in [4.78, 5) is 8.77. The molecule has 0 bridgehead atoms. The molecule has 215 valence electrons. The summed E-state index contributed by atoms with van der Waals surface area (Å²) in [6, 6.07) is 50.7. The molecular formula is C40H23IrN3S-2. The summed E-state index contributed by atoms with van der Waals surface area (Å²) >= 11 is 1.89. The molecule has 0 saturated carbocycles. The summed E-state index contributed by atoms with van der Waals surface area (Å²) in [5.41, 5.74) is 7.76. The number of aromatic nitrogens is 3. The number of para-hydroxylation sites is 1. The van der Waals surface area contributed by atoms with Crippen molar-refractivity contribution in [3.05, 3.63) is 152 Å². The Morgan fingerprint density at radius 2 is 1.24 bits per heavy atom. The minimum absolute atomic E-state index is 0. The third-order valence-electron chi connectivity index (χ3n) is 8.33. The molecule has 0 aliphatic rings. The van der Waals surface area contributed by atoms with Crippen LogP contribution in [0.3, 0.4) is 0 Å². The van der Waals surface area contributed by atoms with E-state index in [1.807, 2.05) is 78.2 Å². The first-order chi connectivity index (χ1) is 21.8. The van der Waals surface area contributed by atoms with Crippen molar-refractivity contribution >= 4 is 69.6 Å². The van der Waals surface area contributed by atoms with Crippen LogP contribution in [0.5, 0.6) is 0 Å². The van der Waals surface area contributed by atoms with Crippen LogP contribution in [-0.2, 0) is 20.1 Å². The summed E-state index contributed by atoms with van der Waals surface area (Å²) in [6.07, 6.45) is 3.63. The standard InChI is InChI=1S/C29H15N2S.C11H8N.Ir/c1-3-10-23-18(7-1)28-27-19-8-2-4-11-25(19)32-26(27)16-21-20-15-17(22-9-5-6-14-30-22)12-13-24(20)31(23)29(21)28;1-2-6-10(7-3-1)11-8-4-5-9-12-11;/h1-11,13-16H;1-6,8-9H;/q2*-1;. The van der Waals surface area contributed by atoms with Gasteiger partial charge in [0, 0.05) is 69.0 Å². The molecule has 1 radical (unpaired) electrons. The normalized spacial score (nSPS) is 11.4. The molecule has 5 heteroatoms. The van der Waals surface area contributed by atoms with Gasteiger partial charge in [0.15, 0.2) is 0 Å². The van der Waals surface area contributed by atoms with Gasteiger partial charge < -0.3 is 14.4 Å². The number of hydrogen-bond acceptors (Lipinski definition) is 3. The van der Waals surface area contributed by atoms with Gasteiger partial charge in [-0.15, -0.1) is 71.0 Å². The van der Waals surface area contributed by atoms with E-state index < -0.39 is 0 Å². The molecule has 5 aromatic carbocycles. The number of rotatable bonds is 2. The predicted molar refractivity (Wildman–Crippen MR) is 185 cm³/mol. The Bertz CT molecular complexity index is 2550. The van der Waals surface area contributed by atoms with Crippen molar-refractivity contribution in [2.24, 2.45) is 0 Å². The Morgan fingerprint density at radius 3 is 2.00 bits per heavy atom. The van der Waals surface area contributed by atoms with Gasteiger partial charge >= 0.3 is 0 Å². The average Bonchev–Trinajstić information content (AvgIpc) is 3.75. The van der Waals surface area contributed by atoms with E-state index in [1.165, 1.54) is 58.3 Å². The van der Waals surface area contributed by atoms with Gasteiger partial charge in [0.25, 0.3) is 0 Å². The second-order valence-corrected chi connectivity index (χ2v) is 11.9. The van der Waals surface area contributed by atoms with Crippen LogP contribution in [0.25, 0.3) is 80.8 Å². The fraction of sp³-hybridized carbons (Fsp3) is 0. The fourth-order valence-corrected chi connectivity index (χ4v) is 7.61. The minimum Gasteiger partial charge on any atom is -0.350 e. The molecule has 5 aromatic heterocycles. The number of fused-ring (bicyclic) bond motifs is 10. The van der Waals surface area contributed by atoms with Gasteiger partial charge in [0.1, 0.15) is 0 Å². The van der Waals surface area contributed by atoms with Gasteiger partial charge in [0.2, 0.25) is 0 Å². The molecule has 0 N–H and O–H groups in total. The van der Waals surface area contributed by atoms with Gasteiger partial charge in [-0.25, -0.2) is 0 Å². The molecule has 10 rings (SSSR count). The minimum atomic E-state index is 0. The van der Waals surface area contributed by atoms with Crippen LogP contribution in [0, 0.1) is 12.1 Å². The summed E-state index contributed by atoms with van der Waals surface area (Å²) in [7, 11) is 0. The first kappa shape index (κ1) is 27.6. The third kappa shape index (κ3) is 4.43. The second-order valence-electron chi connectivity index (χ2n) is 10.8. The average molecular weight is 770 g/mol. The second kappa shape index (κ2) is 11.2. The van der Waals surface area contributed by atoms with Crippen molar-refractivity contribution < 1.29 is 20.1 Å². The van der Waals surface area contributed by atoms with Crippen molar-refractivity contribution in [3.63, 3.8) is 0 Å². The number of nitrogens with zero attached hydrogens (tertiary/aromatic N) is 3. The van der Waals surface area contributed by atoms with Gasteiger partial charge in [-0.1, -0.05) is 66.0 Å². The summed E-state index contributed by atoms with van der Waals surface area (Å²) in [5.74, 6) is 0. The van der Waals surface area contributed by atoms with Crippen LogP contribution in [0.1, 0.15) is 0 Å². The Morgan fingerprint density at radius 1 is 0.533 bits per heavy atom. The molecule has 0 saturated heterocycles. The van der Waals surface area contributed by atoms with Crippen LogP contribution in [0.4, 0.5) is 0 Å². The first-order valence-corrected chi connectivity index (χ1v) is 15.4. The van der Waals surface area contributed by atoms with E-state index in [1.54, 1.807) is 6.20 Å². The molecule has 10 aromatic rings. The maximum Gasteiger partial charge on any atom is 0.0524 e. The molecule has 45 heavy (non-hydrogen) atoms. The van der Waals surface area contributed by atoms with Crippen molar-refractivity contribution in [1.82, 2.24) is 14.4 Å². The molecule has 3 nitrogen and oxygen atoms in total. The van der Waals surface area contributed by atoms with Crippen LogP contribution in [0.15, 0.2) is 140 Å². The molecule has 0 amide bonds. The molecule has 0 fully saturated rings. The smallest absolute Gasteiger partial charge is 0.0524 e. The first-order valence-electron chi connectivity index (χ1n) is 14.6. The Labute approximate surface area is 277 Å². The molecule has 0 atom stereocenters. The fourth-order valence-electron chi connectivity index (χ4n) is 6.46. The monoisotopic (exact) mass is 770 g/mol. The van der Waals surface area contributed by atoms with Gasteiger partial charge in [-0.3, -0.25) is 0 Å². The van der Waals surface area contributed by atoms with E-state index in [9.17, 15) is 0 Å². The van der Waals surface area contributed by atoms with Crippen LogP contribution >= 0.6 is 11.3 Å². The Balaban J connectivity index is 0.000000196. The van der Waals surface area contributed by atoms with E-state index in [4.69, 9.17) is 0 Å².